The summed E-state index contributed by atoms with van der Waals surface area (Å²) in [4.78, 5) is 5.37. The van der Waals surface area contributed by atoms with Gasteiger partial charge in [-0.3, -0.25) is 0 Å². The van der Waals surface area contributed by atoms with E-state index in [0.29, 0.717) is 5.92 Å². The minimum Gasteiger partial charge on any atom is -0.389 e. The molecule has 22 heavy (non-hydrogen) atoms. The summed E-state index contributed by atoms with van der Waals surface area (Å²) >= 11 is 0. The highest BCUT2D eigenvalue weighted by molar-refractivity contribution is 5.74. The Kier molecular flexibility index (Phi) is 7.02. The number of anilines is 1. The summed E-state index contributed by atoms with van der Waals surface area (Å²) < 4.78 is 0. The van der Waals surface area contributed by atoms with Crippen LogP contribution in [-0.2, 0) is 4.84 Å². The predicted molar refractivity (Wildman–Crippen MR) is 93.5 cm³/mol. The monoisotopic (exact) mass is 306 g/mol. The van der Waals surface area contributed by atoms with Crippen LogP contribution in [0.25, 0.3) is 0 Å². The number of nitrogens with two attached hydrogens (primary N) is 2. The highest BCUT2D eigenvalue weighted by Crippen LogP contribution is 2.32. The lowest BCUT2D eigenvalue weighted by Crippen LogP contribution is -2.32. The highest BCUT2D eigenvalue weighted by atomic mass is 16.6. The molecule has 5 nitrogen and oxygen atoms in total. The summed E-state index contributed by atoms with van der Waals surface area (Å²) in [6.07, 6.45) is 2.11. The summed E-state index contributed by atoms with van der Waals surface area (Å²) in [6, 6.07) is 10.3. The van der Waals surface area contributed by atoms with Gasteiger partial charge < -0.3 is 21.6 Å². The van der Waals surface area contributed by atoms with Gasteiger partial charge in [0.05, 0.1) is 0 Å². The molecule has 0 amide bonds. The zero-order valence-electron chi connectivity index (χ0n) is 14.2. The lowest BCUT2D eigenvalue weighted by Gasteiger charge is -2.32. The maximum absolute atomic E-state index is 5.37. The summed E-state index contributed by atoms with van der Waals surface area (Å²) in [7, 11) is 0. The number of para-hydroxylation sites is 1. The molecule has 0 aliphatic carbocycles. The molecule has 1 aromatic carbocycles. The normalized spacial score (nSPS) is 14.0. The molecule has 0 aromatic heterocycles. The van der Waals surface area contributed by atoms with Gasteiger partial charge in [0, 0.05) is 17.6 Å². The van der Waals surface area contributed by atoms with Crippen LogP contribution in [0.2, 0.25) is 0 Å². The second-order valence-electron chi connectivity index (χ2n) is 6.64. The molecule has 2 unspecified atom stereocenters. The Balaban J connectivity index is 2.36. The molecule has 0 aliphatic heterocycles. The number of nitrogens with one attached hydrogen (secondary N) is 1. The summed E-state index contributed by atoms with van der Waals surface area (Å²) in [5, 5.41) is 7.10. The van der Waals surface area contributed by atoms with Gasteiger partial charge in [-0.05, 0) is 43.0 Å². The maximum Gasteiger partial charge on any atom is 0.228 e. The van der Waals surface area contributed by atoms with Crippen molar-refractivity contribution in [3.8, 4) is 0 Å². The van der Waals surface area contributed by atoms with E-state index in [2.05, 4.69) is 43.4 Å². The third-order valence-corrected chi connectivity index (χ3v) is 4.03. The second kappa shape index (κ2) is 8.51. The molecular weight excluding hydrogens is 276 g/mol. The van der Waals surface area contributed by atoms with E-state index in [9.17, 15) is 0 Å². The van der Waals surface area contributed by atoms with Gasteiger partial charge >= 0.3 is 0 Å². The van der Waals surface area contributed by atoms with Crippen molar-refractivity contribution < 1.29 is 4.84 Å². The lowest BCUT2D eigenvalue weighted by molar-refractivity contribution is -0.0210. The van der Waals surface area contributed by atoms with Crippen LogP contribution in [0.1, 0.15) is 40.5 Å². The minimum absolute atomic E-state index is 0.00507. The van der Waals surface area contributed by atoms with Crippen LogP contribution in [-0.4, -0.2) is 18.6 Å². The number of hydrogen-bond donors (Lipinski definition) is 3. The van der Waals surface area contributed by atoms with Crippen molar-refractivity contribution in [1.82, 2.24) is 0 Å². The molecule has 0 bridgehead atoms. The van der Waals surface area contributed by atoms with Crippen molar-refractivity contribution in [2.75, 3.05) is 11.9 Å². The lowest BCUT2D eigenvalue weighted by atomic mass is 9.78. The van der Waals surface area contributed by atoms with E-state index in [1.807, 2.05) is 25.1 Å². The molecule has 0 spiro atoms. The van der Waals surface area contributed by atoms with Crippen LogP contribution >= 0.6 is 0 Å². The largest absolute Gasteiger partial charge is 0.389 e. The number of benzene rings is 1. The SMILES string of the molecule is CC(CCNc1ccccc1)CC(C)(C)C(C)ON=C(N)N. The molecule has 1 aromatic rings. The smallest absolute Gasteiger partial charge is 0.228 e. The summed E-state index contributed by atoms with van der Waals surface area (Å²) in [5.74, 6) is 0.541. The minimum atomic E-state index is -0.0425. The van der Waals surface area contributed by atoms with Crippen molar-refractivity contribution >= 4 is 11.6 Å². The molecule has 0 saturated carbocycles. The molecule has 0 aliphatic rings. The fourth-order valence-corrected chi connectivity index (χ4v) is 2.47. The van der Waals surface area contributed by atoms with Crippen molar-refractivity contribution in [2.24, 2.45) is 28.0 Å². The predicted octanol–water partition coefficient (Wildman–Crippen LogP) is 3.13. The first-order valence-electron chi connectivity index (χ1n) is 7.85. The maximum atomic E-state index is 5.37. The number of hydrogen-bond acceptors (Lipinski definition) is 3. The van der Waals surface area contributed by atoms with E-state index in [4.69, 9.17) is 16.3 Å². The van der Waals surface area contributed by atoms with Crippen molar-refractivity contribution in [3.63, 3.8) is 0 Å². The molecule has 2 atom stereocenters. The Morgan fingerprint density at radius 2 is 1.86 bits per heavy atom. The third kappa shape index (κ3) is 6.70. The van der Waals surface area contributed by atoms with Gasteiger partial charge in [0.1, 0.15) is 6.10 Å². The first-order valence-corrected chi connectivity index (χ1v) is 7.85. The van der Waals surface area contributed by atoms with Gasteiger partial charge in [-0.15, -0.1) is 0 Å². The Morgan fingerprint density at radius 1 is 1.23 bits per heavy atom. The van der Waals surface area contributed by atoms with Crippen LogP contribution in [0.4, 0.5) is 5.69 Å². The van der Waals surface area contributed by atoms with Crippen LogP contribution in [0, 0.1) is 11.3 Å². The van der Waals surface area contributed by atoms with E-state index in [0.717, 1.165) is 19.4 Å². The van der Waals surface area contributed by atoms with E-state index in [-0.39, 0.29) is 17.5 Å². The molecule has 1 rings (SSSR count). The third-order valence-electron chi connectivity index (χ3n) is 4.03. The molecular formula is C17H30N4O. The Bertz CT molecular complexity index is 455. The van der Waals surface area contributed by atoms with Gasteiger partial charge in [0.25, 0.3) is 0 Å². The fraction of sp³-hybridized carbons (Fsp3) is 0.588. The first kappa shape index (κ1) is 18.1. The van der Waals surface area contributed by atoms with Crippen LogP contribution in [0.5, 0.6) is 0 Å². The van der Waals surface area contributed by atoms with Crippen molar-refractivity contribution in [2.45, 2.75) is 46.6 Å². The summed E-state index contributed by atoms with van der Waals surface area (Å²) in [6.45, 7) is 9.59. The highest BCUT2D eigenvalue weighted by Gasteiger charge is 2.29. The topological polar surface area (TPSA) is 85.7 Å². The number of oxime groups is 1. The van der Waals surface area contributed by atoms with Crippen LogP contribution in [0.15, 0.2) is 35.5 Å². The van der Waals surface area contributed by atoms with Gasteiger partial charge in [-0.1, -0.05) is 39.0 Å². The molecule has 5 N–H and O–H groups in total. The Hall–Kier alpha value is -1.91. The van der Waals surface area contributed by atoms with Gasteiger partial charge in [-0.2, -0.15) is 0 Å². The van der Waals surface area contributed by atoms with Gasteiger partial charge in [-0.25, -0.2) is 0 Å². The molecule has 124 valence electrons. The number of rotatable bonds is 9. The molecule has 0 heterocycles. The average Bonchev–Trinajstić information content (AvgIpc) is 2.45. The number of nitrogens with zero attached hydrogens (tertiary/aromatic N) is 1. The standard InChI is InChI=1S/C17H30N4O/c1-13(10-11-20-15-8-6-5-7-9-15)12-17(3,4)14(2)22-21-16(18)19/h5-9,13-14,20H,10-12H2,1-4H3,(H4,18,19,21). The van der Waals surface area contributed by atoms with E-state index >= 15 is 0 Å². The fourth-order valence-electron chi connectivity index (χ4n) is 2.47. The molecule has 0 saturated heterocycles. The van der Waals surface area contributed by atoms with E-state index in [1.165, 1.54) is 5.69 Å². The Labute approximate surface area is 134 Å². The van der Waals surface area contributed by atoms with E-state index in [1.54, 1.807) is 0 Å². The zero-order valence-corrected chi connectivity index (χ0v) is 14.2. The molecule has 0 radical (unpaired) electrons. The van der Waals surface area contributed by atoms with Crippen LogP contribution in [0.3, 0.4) is 0 Å². The first-order chi connectivity index (χ1) is 10.3. The number of guanidine groups is 1. The molecule has 0 fully saturated rings. The van der Waals surface area contributed by atoms with Gasteiger partial charge in [0.2, 0.25) is 5.96 Å². The van der Waals surface area contributed by atoms with Crippen LogP contribution < -0.4 is 16.8 Å². The van der Waals surface area contributed by atoms with Gasteiger partial charge in [0.15, 0.2) is 0 Å². The Morgan fingerprint density at radius 3 is 2.45 bits per heavy atom. The van der Waals surface area contributed by atoms with Crippen molar-refractivity contribution in [3.05, 3.63) is 30.3 Å². The summed E-state index contributed by atoms with van der Waals surface area (Å²) in [5.41, 5.74) is 11.8. The quantitative estimate of drug-likeness (QED) is 0.372. The average molecular weight is 306 g/mol. The molecule has 5 heteroatoms. The second-order valence-corrected chi connectivity index (χ2v) is 6.64. The van der Waals surface area contributed by atoms with E-state index < -0.39 is 0 Å². The van der Waals surface area contributed by atoms with Crippen molar-refractivity contribution in [1.29, 1.82) is 0 Å². The zero-order chi connectivity index (χ0) is 16.6.